The molecule has 0 atom stereocenters. The van der Waals surface area contributed by atoms with Crippen molar-refractivity contribution in [3.8, 4) is 5.75 Å². The molecule has 2 nitrogen and oxygen atoms in total. The number of hydrogen-bond acceptors (Lipinski definition) is 2. The molecule has 0 unspecified atom stereocenters. The summed E-state index contributed by atoms with van der Waals surface area (Å²) < 4.78 is 5.28. The van der Waals surface area contributed by atoms with Crippen molar-refractivity contribution in [2.24, 2.45) is 5.73 Å². The summed E-state index contributed by atoms with van der Waals surface area (Å²) in [5.41, 5.74) is 9.59. The topological polar surface area (TPSA) is 35.2 Å². The average Bonchev–Trinajstić information content (AvgIpc) is 2.08. The van der Waals surface area contributed by atoms with Gasteiger partial charge in [-0.25, -0.2) is 0 Å². The van der Waals surface area contributed by atoms with Gasteiger partial charge in [-0.2, -0.15) is 0 Å². The Morgan fingerprint density at radius 3 is 2.27 bits per heavy atom. The van der Waals surface area contributed by atoms with Gasteiger partial charge in [-0.3, -0.25) is 0 Å². The predicted octanol–water partition coefficient (Wildman–Crippen LogP) is 2.59. The first-order valence-electron chi connectivity index (χ1n) is 5.26. The number of benzene rings is 1. The van der Waals surface area contributed by atoms with E-state index in [1.165, 1.54) is 16.7 Å². The lowest BCUT2D eigenvalue weighted by Gasteiger charge is -2.20. The van der Waals surface area contributed by atoms with Crippen molar-refractivity contribution in [2.45, 2.75) is 39.7 Å². The molecule has 0 saturated heterocycles. The molecule has 0 aliphatic heterocycles. The molecule has 0 fully saturated rings. The Balaban J connectivity index is 3.05. The zero-order chi connectivity index (χ0) is 11.6. The Morgan fingerprint density at radius 1 is 1.20 bits per heavy atom. The summed E-state index contributed by atoms with van der Waals surface area (Å²) in [4.78, 5) is 0. The smallest absolute Gasteiger partial charge is 0.122 e. The van der Waals surface area contributed by atoms with Crippen LogP contribution in [0.4, 0.5) is 0 Å². The molecule has 0 spiro atoms. The zero-order valence-corrected chi connectivity index (χ0v) is 10.3. The van der Waals surface area contributed by atoms with Gasteiger partial charge in [0.1, 0.15) is 5.75 Å². The largest absolute Gasteiger partial charge is 0.496 e. The van der Waals surface area contributed by atoms with Crippen LogP contribution in [-0.2, 0) is 6.42 Å². The maximum Gasteiger partial charge on any atom is 0.122 e. The predicted molar refractivity (Wildman–Crippen MR) is 64.4 cm³/mol. The summed E-state index contributed by atoms with van der Waals surface area (Å²) in [5, 5.41) is 0. The van der Waals surface area contributed by atoms with Gasteiger partial charge in [-0.1, -0.05) is 6.07 Å². The summed E-state index contributed by atoms with van der Waals surface area (Å²) in [6, 6.07) is 4.25. The summed E-state index contributed by atoms with van der Waals surface area (Å²) in [6.45, 7) is 8.26. The van der Waals surface area contributed by atoms with Crippen molar-refractivity contribution in [1.82, 2.24) is 0 Å². The summed E-state index contributed by atoms with van der Waals surface area (Å²) >= 11 is 0. The Labute approximate surface area is 92.4 Å². The van der Waals surface area contributed by atoms with E-state index in [0.717, 1.165) is 12.2 Å². The van der Waals surface area contributed by atoms with Crippen LogP contribution in [-0.4, -0.2) is 12.6 Å². The molecule has 1 aromatic carbocycles. The number of methoxy groups -OCH3 is 1. The molecule has 0 aromatic heterocycles. The van der Waals surface area contributed by atoms with Crippen LogP contribution in [0.5, 0.6) is 5.75 Å². The Hall–Kier alpha value is -1.02. The van der Waals surface area contributed by atoms with Gasteiger partial charge in [0.25, 0.3) is 0 Å². The molecule has 1 aromatic rings. The average molecular weight is 207 g/mol. The Bertz CT molecular complexity index is 350. The molecule has 84 valence electrons. The molecule has 2 heteroatoms. The molecule has 0 aliphatic carbocycles. The molecule has 0 saturated carbocycles. The second-order valence-corrected chi connectivity index (χ2v) is 4.91. The van der Waals surface area contributed by atoms with Crippen LogP contribution in [0.15, 0.2) is 12.1 Å². The quantitative estimate of drug-likeness (QED) is 0.827. The lowest BCUT2D eigenvalue weighted by molar-refractivity contribution is 0.410. The fourth-order valence-corrected chi connectivity index (χ4v) is 1.75. The first kappa shape index (κ1) is 12.1. The third-order valence-electron chi connectivity index (χ3n) is 2.50. The van der Waals surface area contributed by atoms with Crippen LogP contribution in [0.3, 0.4) is 0 Å². The van der Waals surface area contributed by atoms with Gasteiger partial charge in [0, 0.05) is 5.54 Å². The van der Waals surface area contributed by atoms with E-state index in [1.54, 1.807) is 7.11 Å². The minimum absolute atomic E-state index is 0.161. The fourth-order valence-electron chi connectivity index (χ4n) is 1.75. The van der Waals surface area contributed by atoms with Crippen molar-refractivity contribution in [3.63, 3.8) is 0 Å². The minimum atomic E-state index is -0.161. The third-order valence-corrected chi connectivity index (χ3v) is 2.50. The first-order valence-corrected chi connectivity index (χ1v) is 5.26. The highest BCUT2D eigenvalue weighted by molar-refractivity contribution is 5.42. The SMILES string of the molecule is COc1cc(C)c(CC(C)(C)N)cc1C. The van der Waals surface area contributed by atoms with Crippen LogP contribution < -0.4 is 10.5 Å². The monoisotopic (exact) mass is 207 g/mol. The standard InChI is InChI=1S/C13H21NO/c1-9-7-12(15-5)10(2)6-11(9)8-13(3,4)14/h6-7H,8,14H2,1-5H3. The minimum Gasteiger partial charge on any atom is -0.496 e. The van der Waals surface area contributed by atoms with Gasteiger partial charge in [-0.15, -0.1) is 0 Å². The molecule has 0 bridgehead atoms. The maximum atomic E-state index is 6.03. The third kappa shape index (κ3) is 3.24. The molecule has 0 radical (unpaired) electrons. The summed E-state index contributed by atoms with van der Waals surface area (Å²) in [7, 11) is 1.70. The molecular weight excluding hydrogens is 186 g/mol. The van der Waals surface area contributed by atoms with Crippen molar-refractivity contribution < 1.29 is 4.74 Å². The zero-order valence-electron chi connectivity index (χ0n) is 10.3. The Morgan fingerprint density at radius 2 is 1.80 bits per heavy atom. The highest BCUT2D eigenvalue weighted by Crippen LogP contribution is 2.24. The van der Waals surface area contributed by atoms with Crippen LogP contribution in [0.25, 0.3) is 0 Å². The molecule has 0 aliphatic rings. The van der Waals surface area contributed by atoms with Crippen molar-refractivity contribution in [3.05, 3.63) is 28.8 Å². The highest BCUT2D eigenvalue weighted by atomic mass is 16.5. The van der Waals surface area contributed by atoms with Gasteiger partial charge < -0.3 is 10.5 Å². The molecule has 2 N–H and O–H groups in total. The van der Waals surface area contributed by atoms with E-state index >= 15 is 0 Å². The summed E-state index contributed by atoms with van der Waals surface area (Å²) in [6.07, 6.45) is 0.893. The van der Waals surface area contributed by atoms with E-state index in [1.807, 2.05) is 13.8 Å². The van der Waals surface area contributed by atoms with E-state index in [2.05, 4.69) is 26.0 Å². The van der Waals surface area contributed by atoms with Gasteiger partial charge in [0.15, 0.2) is 0 Å². The molecule has 0 amide bonds. The highest BCUT2D eigenvalue weighted by Gasteiger charge is 2.14. The van der Waals surface area contributed by atoms with Crippen LogP contribution in [0.1, 0.15) is 30.5 Å². The van der Waals surface area contributed by atoms with Gasteiger partial charge in [-0.05, 0) is 56.9 Å². The number of aryl methyl sites for hydroxylation is 2. The lowest BCUT2D eigenvalue weighted by Crippen LogP contribution is -2.34. The second-order valence-electron chi connectivity index (χ2n) is 4.91. The lowest BCUT2D eigenvalue weighted by atomic mass is 9.92. The van der Waals surface area contributed by atoms with Gasteiger partial charge >= 0.3 is 0 Å². The number of rotatable bonds is 3. The van der Waals surface area contributed by atoms with Crippen LogP contribution in [0.2, 0.25) is 0 Å². The van der Waals surface area contributed by atoms with Crippen LogP contribution >= 0.6 is 0 Å². The normalized spacial score (nSPS) is 11.6. The van der Waals surface area contributed by atoms with E-state index in [9.17, 15) is 0 Å². The second kappa shape index (κ2) is 4.23. The molecule has 15 heavy (non-hydrogen) atoms. The van der Waals surface area contributed by atoms with E-state index in [0.29, 0.717) is 0 Å². The summed E-state index contributed by atoms with van der Waals surface area (Å²) in [5.74, 6) is 0.950. The first-order chi connectivity index (χ1) is 6.83. The van der Waals surface area contributed by atoms with E-state index < -0.39 is 0 Å². The van der Waals surface area contributed by atoms with Crippen molar-refractivity contribution in [1.29, 1.82) is 0 Å². The molecule has 0 heterocycles. The number of ether oxygens (including phenoxy) is 1. The molecule has 1 rings (SSSR count). The van der Waals surface area contributed by atoms with Crippen molar-refractivity contribution in [2.75, 3.05) is 7.11 Å². The maximum absolute atomic E-state index is 6.03. The molecular formula is C13H21NO. The van der Waals surface area contributed by atoms with Gasteiger partial charge in [0.05, 0.1) is 7.11 Å². The number of nitrogens with two attached hydrogens (primary N) is 1. The van der Waals surface area contributed by atoms with E-state index in [-0.39, 0.29) is 5.54 Å². The van der Waals surface area contributed by atoms with Gasteiger partial charge in [0.2, 0.25) is 0 Å². The Kier molecular flexibility index (Phi) is 3.40. The van der Waals surface area contributed by atoms with Crippen molar-refractivity contribution >= 4 is 0 Å². The van der Waals surface area contributed by atoms with Crippen LogP contribution in [0, 0.1) is 13.8 Å². The number of hydrogen-bond donors (Lipinski definition) is 1. The fraction of sp³-hybridized carbons (Fsp3) is 0.538. The van der Waals surface area contributed by atoms with E-state index in [4.69, 9.17) is 10.5 Å².